The maximum Gasteiger partial charge on any atom is 0.261 e. The van der Waals surface area contributed by atoms with E-state index in [-0.39, 0.29) is 34.3 Å². The van der Waals surface area contributed by atoms with Crippen LogP contribution >= 0.6 is 11.6 Å². The molecule has 0 saturated heterocycles. The van der Waals surface area contributed by atoms with Gasteiger partial charge in [0.2, 0.25) is 0 Å². The van der Waals surface area contributed by atoms with Gasteiger partial charge in [0.05, 0.1) is 22.0 Å². The summed E-state index contributed by atoms with van der Waals surface area (Å²) in [6, 6.07) is 20.1. The number of carbonyl (C=O) groups is 1. The number of hydrogen-bond donors (Lipinski definition) is 2. The standard InChI is InChI=1S/C22H21ClN2O4S/c1-16-7-10-19(11-8-16)30(27,28)25-17-9-12-21(23)20(15-17)22(26)24-13-14-29-18-5-3-2-4-6-18/h2-12,15,25H,13-14H2,1H3,(H,24,26). The van der Waals surface area contributed by atoms with Gasteiger partial charge in [-0.25, -0.2) is 8.42 Å². The van der Waals surface area contributed by atoms with Crippen LogP contribution in [0.4, 0.5) is 5.69 Å². The van der Waals surface area contributed by atoms with Gasteiger partial charge in [-0.05, 0) is 49.4 Å². The van der Waals surface area contributed by atoms with Crippen LogP contribution in [0.25, 0.3) is 0 Å². The fourth-order valence-corrected chi connectivity index (χ4v) is 3.89. The molecule has 0 spiro atoms. The number of sulfonamides is 1. The Balaban J connectivity index is 1.64. The topological polar surface area (TPSA) is 84.5 Å². The number of aryl methyl sites for hydroxylation is 1. The van der Waals surface area contributed by atoms with Gasteiger partial charge in [0, 0.05) is 5.69 Å². The SMILES string of the molecule is Cc1ccc(S(=O)(=O)Nc2ccc(Cl)c(C(=O)NCCOc3ccccc3)c2)cc1. The Hall–Kier alpha value is -3.03. The highest BCUT2D eigenvalue weighted by molar-refractivity contribution is 7.92. The molecule has 3 aromatic carbocycles. The van der Waals surface area contributed by atoms with Gasteiger partial charge in [0.1, 0.15) is 12.4 Å². The predicted molar refractivity (Wildman–Crippen MR) is 118 cm³/mol. The molecule has 0 atom stereocenters. The quantitative estimate of drug-likeness (QED) is 0.508. The molecule has 8 heteroatoms. The molecule has 0 radical (unpaired) electrons. The summed E-state index contributed by atoms with van der Waals surface area (Å²) in [6.07, 6.45) is 0. The fourth-order valence-electron chi connectivity index (χ4n) is 2.64. The Labute approximate surface area is 180 Å². The van der Waals surface area contributed by atoms with Gasteiger partial charge in [-0.1, -0.05) is 47.5 Å². The molecule has 6 nitrogen and oxygen atoms in total. The van der Waals surface area contributed by atoms with E-state index in [1.807, 2.05) is 37.3 Å². The minimum atomic E-state index is -3.78. The summed E-state index contributed by atoms with van der Waals surface area (Å²) in [5, 5.41) is 2.93. The molecule has 156 valence electrons. The van der Waals surface area contributed by atoms with Crippen LogP contribution in [0.15, 0.2) is 77.7 Å². The van der Waals surface area contributed by atoms with Crippen molar-refractivity contribution in [3.05, 3.63) is 88.9 Å². The van der Waals surface area contributed by atoms with E-state index < -0.39 is 15.9 Å². The number of hydrogen-bond acceptors (Lipinski definition) is 4. The third-order valence-corrected chi connectivity index (χ3v) is 5.92. The van der Waals surface area contributed by atoms with Crippen LogP contribution in [-0.2, 0) is 10.0 Å². The largest absolute Gasteiger partial charge is 0.492 e. The molecule has 0 saturated carbocycles. The Morgan fingerprint density at radius 1 is 1.00 bits per heavy atom. The van der Waals surface area contributed by atoms with E-state index >= 15 is 0 Å². The molecule has 30 heavy (non-hydrogen) atoms. The Morgan fingerprint density at radius 3 is 2.40 bits per heavy atom. The van der Waals surface area contributed by atoms with Crippen LogP contribution < -0.4 is 14.8 Å². The lowest BCUT2D eigenvalue weighted by molar-refractivity contribution is 0.0947. The molecule has 0 fully saturated rings. The van der Waals surface area contributed by atoms with Gasteiger partial charge in [-0.15, -0.1) is 0 Å². The van der Waals surface area contributed by atoms with Gasteiger partial charge in [0.25, 0.3) is 15.9 Å². The van der Waals surface area contributed by atoms with Gasteiger partial charge < -0.3 is 10.1 Å². The van der Waals surface area contributed by atoms with Crippen molar-refractivity contribution in [2.24, 2.45) is 0 Å². The van der Waals surface area contributed by atoms with Gasteiger partial charge in [0.15, 0.2) is 0 Å². The first kappa shape index (κ1) is 21.7. The third kappa shape index (κ3) is 5.75. The molecule has 2 N–H and O–H groups in total. The first-order valence-corrected chi connectivity index (χ1v) is 11.1. The zero-order chi connectivity index (χ0) is 21.6. The molecule has 3 aromatic rings. The first-order chi connectivity index (χ1) is 14.3. The van der Waals surface area contributed by atoms with Crippen LogP contribution in [0.1, 0.15) is 15.9 Å². The van der Waals surface area contributed by atoms with Crippen molar-refractivity contribution in [2.45, 2.75) is 11.8 Å². The van der Waals surface area contributed by atoms with Crippen molar-refractivity contribution in [1.82, 2.24) is 5.32 Å². The second kappa shape index (κ2) is 9.65. The molecule has 0 heterocycles. The Kier molecular flexibility index (Phi) is 6.97. The molecule has 1 amide bonds. The van der Waals surface area contributed by atoms with E-state index in [2.05, 4.69) is 10.0 Å². The van der Waals surface area contributed by atoms with Crippen LogP contribution in [-0.4, -0.2) is 27.5 Å². The van der Waals surface area contributed by atoms with Crippen molar-refractivity contribution in [3.8, 4) is 5.75 Å². The molecule has 0 aliphatic heterocycles. The number of amides is 1. The van der Waals surface area contributed by atoms with E-state index in [9.17, 15) is 13.2 Å². The zero-order valence-corrected chi connectivity index (χ0v) is 17.8. The van der Waals surface area contributed by atoms with E-state index in [4.69, 9.17) is 16.3 Å². The van der Waals surface area contributed by atoms with Crippen LogP contribution in [0.3, 0.4) is 0 Å². The van der Waals surface area contributed by atoms with E-state index in [0.717, 1.165) is 5.56 Å². The number of carbonyl (C=O) groups excluding carboxylic acids is 1. The van der Waals surface area contributed by atoms with Crippen molar-refractivity contribution in [3.63, 3.8) is 0 Å². The summed E-state index contributed by atoms with van der Waals surface area (Å²) in [4.78, 5) is 12.6. The number of para-hydroxylation sites is 1. The smallest absolute Gasteiger partial charge is 0.261 e. The average molecular weight is 445 g/mol. The molecule has 0 aromatic heterocycles. The maximum absolute atomic E-state index is 12.6. The molecule has 0 bridgehead atoms. The monoisotopic (exact) mass is 444 g/mol. The summed E-state index contributed by atoms with van der Waals surface area (Å²) in [6.45, 7) is 2.43. The number of benzene rings is 3. The van der Waals surface area contributed by atoms with E-state index in [0.29, 0.717) is 5.75 Å². The highest BCUT2D eigenvalue weighted by Crippen LogP contribution is 2.23. The van der Waals surface area contributed by atoms with Gasteiger partial charge in [-0.3, -0.25) is 9.52 Å². The Bertz CT molecular complexity index is 1120. The summed E-state index contributed by atoms with van der Waals surface area (Å²) in [5.74, 6) is 0.283. The molecule has 0 aliphatic carbocycles. The Morgan fingerprint density at radius 2 is 1.70 bits per heavy atom. The number of nitrogens with one attached hydrogen (secondary N) is 2. The summed E-state index contributed by atoms with van der Waals surface area (Å²) >= 11 is 6.14. The van der Waals surface area contributed by atoms with Crippen LogP contribution in [0, 0.1) is 6.92 Å². The van der Waals surface area contributed by atoms with Crippen molar-refractivity contribution < 1.29 is 17.9 Å². The molecular weight excluding hydrogens is 424 g/mol. The fraction of sp³-hybridized carbons (Fsp3) is 0.136. The van der Waals surface area contributed by atoms with Crippen LogP contribution in [0.2, 0.25) is 5.02 Å². The molecule has 0 aliphatic rings. The molecule has 0 unspecified atom stereocenters. The molecule has 3 rings (SSSR count). The van der Waals surface area contributed by atoms with Crippen molar-refractivity contribution >= 4 is 33.2 Å². The molecular formula is C22H21ClN2O4S. The van der Waals surface area contributed by atoms with Gasteiger partial charge in [-0.2, -0.15) is 0 Å². The highest BCUT2D eigenvalue weighted by atomic mass is 35.5. The summed E-state index contributed by atoms with van der Waals surface area (Å²) in [5.41, 5.74) is 1.36. The minimum Gasteiger partial charge on any atom is -0.492 e. The number of anilines is 1. The normalized spacial score (nSPS) is 11.0. The third-order valence-electron chi connectivity index (χ3n) is 4.19. The zero-order valence-electron chi connectivity index (χ0n) is 16.3. The first-order valence-electron chi connectivity index (χ1n) is 9.20. The maximum atomic E-state index is 12.6. The van der Waals surface area contributed by atoms with Crippen LogP contribution in [0.5, 0.6) is 5.75 Å². The lowest BCUT2D eigenvalue weighted by atomic mass is 10.2. The van der Waals surface area contributed by atoms with E-state index in [1.165, 1.54) is 30.3 Å². The number of ether oxygens (including phenoxy) is 1. The minimum absolute atomic E-state index is 0.132. The van der Waals surface area contributed by atoms with E-state index in [1.54, 1.807) is 12.1 Å². The second-order valence-corrected chi connectivity index (χ2v) is 8.62. The summed E-state index contributed by atoms with van der Waals surface area (Å²) in [7, 11) is -3.78. The highest BCUT2D eigenvalue weighted by Gasteiger charge is 2.16. The van der Waals surface area contributed by atoms with Crippen molar-refractivity contribution in [2.75, 3.05) is 17.9 Å². The summed E-state index contributed by atoms with van der Waals surface area (Å²) < 4.78 is 33.1. The lowest BCUT2D eigenvalue weighted by Crippen LogP contribution is -2.28. The van der Waals surface area contributed by atoms with Crippen molar-refractivity contribution in [1.29, 1.82) is 0 Å². The number of rotatable bonds is 8. The van der Waals surface area contributed by atoms with Gasteiger partial charge >= 0.3 is 0 Å². The lowest BCUT2D eigenvalue weighted by Gasteiger charge is -2.12. The number of halogens is 1. The second-order valence-electron chi connectivity index (χ2n) is 6.53. The predicted octanol–water partition coefficient (Wildman–Crippen LogP) is 4.26. The average Bonchev–Trinajstić information content (AvgIpc) is 2.73.